The fourth-order valence-electron chi connectivity index (χ4n) is 4.68. The summed E-state index contributed by atoms with van der Waals surface area (Å²) in [5.74, 6) is -2.21. The Kier molecular flexibility index (Phi) is 7.25. The molecule has 2 aromatic carbocycles. The van der Waals surface area contributed by atoms with Crippen molar-refractivity contribution in [3.63, 3.8) is 0 Å². The molecule has 10 heteroatoms. The number of aliphatic carboxylic acids is 2. The minimum atomic E-state index is -1.82. The second-order valence-electron chi connectivity index (χ2n) is 9.03. The molecule has 0 unspecified atom stereocenters. The third-order valence-corrected chi connectivity index (χ3v) is 6.64. The zero-order chi connectivity index (χ0) is 26.0. The van der Waals surface area contributed by atoms with E-state index in [1.807, 2.05) is 53.8 Å². The van der Waals surface area contributed by atoms with Gasteiger partial charge in [-0.15, -0.1) is 0 Å². The first-order valence-electron chi connectivity index (χ1n) is 11.8. The van der Waals surface area contributed by atoms with Crippen LogP contribution in [-0.2, 0) is 23.1 Å². The Bertz CT molecular complexity index is 1300. The molecule has 0 bridgehead atoms. The molecule has 1 aliphatic heterocycles. The monoisotopic (exact) mass is 495 g/mol. The number of likely N-dealkylation sites (tertiary alicyclic amines) is 1. The van der Waals surface area contributed by atoms with Crippen molar-refractivity contribution in [1.82, 2.24) is 14.5 Å². The van der Waals surface area contributed by atoms with E-state index < -0.39 is 24.1 Å². The lowest BCUT2D eigenvalue weighted by molar-refractivity contribution is -0.159. The number of fused-ring (bicyclic) bond motifs is 2. The zero-order valence-electron chi connectivity index (χ0n) is 20.2. The molecule has 2 heterocycles. The number of carboxylic acid groups (broad SMARTS) is 2. The van der Waals surface area contributed by atoms with Gasteiger partial charge in [0, 0.05) is 32.1 Å². The van der Waals surface area contributed by atoms with E-state index in [9.17, 15) is 9.90 Å². The minimum absolute atomic E-state index is 0.0349. The molecule has 5 rings (SSSR count). The van der Waals surface area contributed by atoms with Crippen LogP contribution in [0.5, 0.6) is 5.75 Å². The van der Waals surface area contributed by atoms with Gasteiger partial charge in [-0.3, -0.25) is 4.79 Å². The molecular weight excluding hydrogens is 466 g/mol. The molecule has 3 aromatic rings. The van der Waals surface area contributed by atoms with Crippen molar-refractivity contribution in [2.24, 2.45) is 7.05 Å². The molecule has 0 radical (unpaired) electrons. The molecule has 1 aliphatic carbocycles. The van der Waals surface area contributed by atoms with Gasteiger partial charge in [0.15, 0.2) is 6.10 Å². The van der Waals surface area contributed by atoms with Crippen molar-refractivity contribution in [3.05, 3.63) is 58.9 Å². The van der Waals surface area contributed by atoms with Crippen LogP contribution in [0.15, 0.2) is 36.4 Å². The van der Waals surface area contributed by atoms with E-state index in [0.29, 0.717) is 17.7 Å². The smallest absolute Gasteiger partial charge is 0.414 e. The normalized spacial score (nSPS) is 18.8. The van der Waals surface area contributed by atoms with Crippen molar-refractivity contribution in [2.45, 2.75) is 44.8 Å². The number of aliphatic hydroxyl groups is 1. The summed E-state index contributed by atoms with van der Waals surface area (Å²) in [6.45, 7) is 3.54. The van der Waals surface area contributed by atoms with Gasteiger partial charge in [-0.25, -0.2) is 14.6 Å². The van der Waals surface area contributed by atoms with Gasteiger partial charge in [0.05, 0.1) is 11.6 Å². The Balaban J connectivity index is 0.000000455. The number of piperidine rings is 1. The lowest BCUT2D eigenvalue weighted by Gasteiger charge is -2.27. The number of ether oxygens (including phenoxy) is 1. The Labute approximate surface area is 207 Å². The summed E-state index contributed by atoms with van der Waals surface area (Å²) < 4.78 is 8.36. The van der Waals surface area contributed by atoms with E-state index in [0.717, 1.165) is 53.9 Å². The van der Waals surface area contributed by atoms with Gasteiger partial charge in [-0.1, -0.05) is 24.3 Å². The van der Waals surface area contributed by atoms with E-state index in [4.69, 9.17) is 24.5 Å². The minimum Gasteiger partial charge on any atom is -0.481 e. The first kappa shape index (κ1) is 25.2. The maximum atomic E-state index is 13.2. The van der Waals surface area contributed by atoms with Crippen LogP contribution in [0.25, 0.3) is 11.0 Å². The van der Waals surface area contributed by atoms with Crippen molar-refractivity contribution in [2.75, 3.05) is 13.1 Å². The summed E-state index contributed by atoms with van der Waals surface area (Å²) in [5, 5.41) is 25.4. The molecule has 2 atom stereocenters. The molecule has 3 N–H and O–H groups in total. The van der Waals surface area contributed by atoms with Crippen LogP contribution >= 0.6 is 0 Å². The second-order valence-corrected chi connectivity index (χ2v) is 9.03. The lowest BCUT2D eigenvalue weighted by atomic mass is 10.1. The van der Waals surface area contributed by atoms with Crippen LogP contribution in [0, 0.1) is 6.92 Å². The molecule has 190 valence electrons. The highest BCUT2D eigenvalue weighted by Gasteiger charge is 2.33. The largest absolute Gasteiger partial charge is 0.481 e. The average Bonchev–Trinajstić information content (AvgIpc) is 3.34. The van der Waals surface area contributed by atoms with Crippen molar-refractivity contribution < 1.29 is 34.4 Å². The quantitative estimate of drug-likeness (QED) is 0.471. The number of carbonyl (C=O) groups excluding carboxylic acids is 1. The van der Waals surface area contributed by atoms with Crippen LogP contribution < -0.4 is 4.74 Å². The SMILES string of the molecule is Cc1nc2c(O[C@@H]3c4ccccc4C[C@H]3O)cc(C(=O)N3CCCCC3)cc2n1C.O=C(O)C(=O)O. The molecule has 1 fully saturated rings. The van der Waals surface area contributed by atoms with Gasteiger partial charge in [0.25, 0.3) is 5.91 Å². The van der Waals surface area contributed by atoms with Crippen LogP contribution in [0.4, 0.5) is 0 Å². The van der Waals surface area contributed by atoms with Gasteiger partial charge in [0.2, 0.25) is 0 Å². The molecule has 10 nitrogen and oxygen atoms in total. The van der Waals surface area contributed by atoms with Gasteiger partial charge >= 0.3 is 11.9 Å². The fraction of sp³-hybridized carbons (Fsp3) is 0.385. The van der Waals surface area contributed by atoms with Gasteiger partial charge in [-0.05, 0) is 49.4 Å². The molecular formula is C26H29N3O7. The number of nitrogens with zero attached hydrogens (tertiary/aromatic N) is 3. The highest BCUT2D eigenvalue weighted by atomic mass is 16.5. The summed E-state index contributed by atoms with van der Waals surface area (Å²) in [4.78, 5) is 38.0. The van der Waals surface area contributed by atoms with Crippen molar-refractivity contribution >= 4 is 28.9 Å². The van der Waals surface area contributed by atoms with Gasteiger partial charge in [-0.2, -0.15) is 0 Å². The third kappa shape index (κ3) is 5.03. The average molecular weight is 496 g/mol. The number of carbonyl (C=O) groups is 3. The number of hydrogen-bond acceptors (Lipinski definition) is 6. The Morgan fingerprint density at radius 1 is 1.03 bits per heavy atom. The standard InChI is InChI=1S/C24H27N3O3.C2H2O4/c1-15-25-22-19(26(15)2)12-17(24(29)27-10-6-3-7-11-27)14-21(22)30-23-18-9-5-4-8-16(18)13-20(23)28;3-1(4)2(5)6/h4-5,8-9,12,14,20,23,28H,3,6-7,10-11,13H2,1-2H3;(H,3,4)(H,5,6)/t20-,23-;/m1./s1. The third-order valence-electron chi connectivity index (χ3n) is 6.64. The van der Waals surface area contributed by atoms with Crippen molar-refractivity contribution in [1.29, 1.82) is 0 Å². The molecule has 36 heavy (non-hydrogen) atoms. The summed E-state index contributed by atoms with van der Waals surface area (Å²) in [5.41, 5.74) is 4.30. The van der Waals surface area contributed by atoms with E-state index in [1.165, 1.54) is 6.42 Å². The number of hydrogen-bond donors (Lipinski definition) is 3. The maximum absolute atomic E-state index is 13.2. The predicted molar refractivity (Wildman–Crippen MR) is 130 cm³/mol. The first-order valence-corrected chi connectivity index (χ1v) is 11.8. The van der Waals surface area contributed by atoms with Crippen LogP contribution in [0.3, 0.4) is 0 Å². The summed E-state index contributed by atoms with van der Waals surface area (Å²) in [6.07, 6.45) is 2.76. The van der Waals surface area contributed by atoms with E-state index >= 15 is 0 Å². The fourth-order valence-corrected chi connectivity index (χ4v) is 4.68. The zero-order valence-corrected chi connectivity index (χ0v) is 20.2. The Morgan fingerprint density at radius 2 is 1.69 bits per heavy atom. The topological polar surface area (TPSA) is 142 Å². The summed E-state index contributed by atoms with van der Waals surface area (Å²) in [6, 6.07) is 11.7. The number of benzene rings is 2. The van der Waals surface area contributed by atoms with Gasteiger partial charge < -0.3 is 29.5 Å². The number of rotatable bonds is 3. The molecule has 1 aromatic heterocycles. The summed E-state index contributed by atoms with van der Waals surface area (Å²) >= 11 is 0. The summed E-state index contributed by atoms with van der Waals surface area (Å²) in [7, 11) is 1.95. The van der Waals surface area contributed by atoms with Crippen LogP contribution in [-0.4, -0.2) is 66.8 Å². The highest BCUT2D eigenvalue weighted by Crippen LogP contribution is 2.38. The van der Waals surface area contributed by atoms with Crippen molar-refractivity contribution in [3.8, 4) is 5.75 Å². The van der Waals surface area contributed by atoms with E-state index in [2.05, 4.69) is 4.98 Å². The molecule has 0 spiro atoms. The Morgan fingerprint density at radius 3 is 2.36 bits per heavy atom. The second kappa shape index (κ2) is 10.4. The Hall–Kier alpha value is -3.92. The van der Waals surface area contributed by atoms with E-state index in [1.54, 1.807) is 6.07 Å². The highest BCUT2D eigenvalue weighted by molar-refractivity contribution is 6.27. The van der Waals surface area contributed by atoms with E-state index in [-0.39, 0.29) is 5.91 Å². The molecule has 1 saturated heterocycles. The van der Waals surface area contributed by atoms with Crippen LogP contribution in [0.1, 0.15) is 52.7 Å². The lowest BCUT2D eigenvalue weighted by Crippen LogP contribution is -2.35. The number of aliphatic hydroxyl groups excluding tert-OH is 1. The number of aryl methyl sites for hydroxylation is 2. The van der Waals surface area contributed by atoms with Gasteiger partial charge in [0.1, 0.15) is 17.1 Å². The number of amides is 1. The number of imidazole rings is 1. The molecule has 0 saturated carbocycles. The molecule has 2 aliphatic rings. The maximum Gasteiger partial charge on any atom is 0.414 e. The van der Waals surface area contributed by atoms with Crippen LogP contribution in [0.2, 0.25) is 0 Å². The first-order chi connectivity index (χ1) is 17.2. The predicted octanol–water partition coefficient (Wildman–Crippen LogP) is 2.70. The molecule has 1 amide bonds. The number of aromatic nitrogens is 2. The number of carboxylic acids is 2.